The second-order valence-electron chi connectivity index (χ2n) is 6.59. The Morgan fingerprint density at radius 1 is 1.15 bits per heavy atom. The van der Waals surface area contributed by atoms with E-state index in [0.717, 1.165) is 13.1 Å². The molecule has 1 fully saturated rings. The van der Waals surface area contributed by atoms with Crippen molar-refractivity contribution in [1.29, 1.82) is 0 Å². The first kappa shape index (κ1) is 15.5. The molecule has 2 nitrogen and oxygen atoms in total. The second kappa shape index (κ2) is 7.24. The molecule has 1 aliphatic rings. The van der Waals surface area contributed by atoms with Crippen LogP contribution in [0.2, 0.25) is 0 Å². The molecule has 1 heterocycles. The minimum atomic E-state index is 0.685. The van der Waals surface area contributed by atoms with Gasteiger partial charge in [0.25, 0.3) is 0 Å². The highest BCUT2D eigenvalue weighted by atomic mass is 15.2. The van der Waals surface area contributed by atoms with E-state index in [0.29, 0.717) is 11.8 Å². The van der Waals surface area contributed by atoms with Gasteiger partial charge in [0, 0.05) is 26.2 Å². The molecule has 112 valence electrons. The standard InChI is InChI=1S/C18H30N2/c1-14(2)17(7-10-20-11-8-19-9-12-20)18-13-15(3)5-6-16(18)4/h5-6,13-14,17,19H,7-12H2,1-4H3. The van der Waals surface area contributed by atoms with Gasteiger partial charge in [0.15, 0.2) is 0 Å². The number of benzene rings is 1. The second-order valence-corrected chi connectivity index (χ2v) is 6.59. The Morgan fingerprint density at radius 2 is 1.85 bits per heavy atom. The molecule has 0 aliphatic carbocycles. The first-order chi connectivity index (χ1) is 9.58. The molecule has 1 aliphatic heterocycles. The normalized spacial score (nSPS) is 18.4. The molecule has 0 saturated carbocycles. The average Bonchev–Trinajstić information content (AvgIpc) is 2.43. The lowest BCUT2D eigenvalue weighted by Gasteiger charge is -2.30. The summed E-state index contributed by atoms with van der Waals surface area (Å²) in [4.78, 5) is 2.61. The summed E-state index contributed by atoms with van der Waals surface area (Å²) in [6.07, 6.45) is 1.28. The molecule has 2 heteroatoms. The zero-order valence-electron chi connectivity index (χ0n) is 13.6. The maximum atomic E-state index is 3.43. The highest BCUT2D eigenvalue weighted by molar-refractivity contribution is 5.33. The van der Waals surface area contributed by atoms with Gasteiger partial charge < -0.3 is 10.2 Å². The maximum absolute atomic E-state index is 3.43. The van der Waals surface area contributed by atoms with Gasteiger partial charge in [-0.15, -0.1) is 0 Å². The highest BCUT2D eigenvalue weighted by Gasteiger charge is 2.19. The van der Waals surface area contributed by atoms with Crippen LogP contribution in [0.4, 0.5) is 0 Å². The van der Waals surface area contributed by atoms with Crippen molar-refractivity contribution in [3.63, 3.8) is 0 Å². The molecule has 1 unspecified atom stereocenters. The van der Waals surface area contributed by atoms with Gasteiger partial charge in [-0.25, -0.2) is 0 Å². The molecule has 20 heavy (non-hydrogen) atoms. The van der Waals surface area contributed by atoms with Crippen molar-refractivity contribution in [2.75, 3.05) is 32.7 Å². The molecule has 0 bridgehead atoms. The number of aryl methyl sites for hydroxylation is 2. The number of hydrogen-bond donors (Lipinski definition) is 1. The van der Waals surface area contributed by atoms with Crippen molar-refractivity contribution < 1.29 is 0 Å². The zero-order chi connectivity index (χ0) is 14.5. The molecule has 0 radical (unpaired) electrons. The summed E-state index contributed by atoms with van der Waals surface area (Å²) >= 11 is 0. The number of rotatable bonds is 5. The van der Waals surface area contributed by atoms with Gasteiger partial charge in [-0.05, 0) is 49.8 Å². The smallest absolute Gasteiger partial charge is 0.0107 e. The summed E-state index contributed by atoms with van der Waals surface area (Å²) in [7, 11) is 0. The van der Waals surface area contributed by atoms with Gasteiger partial charge in [0.05, 0.1) is 0 Å². The molecule has 1 N–H and O–H groups in total. The molecule has 1 atom stereocenters. The van der Waals surface area contributed by atoms with Crippen molar-refractivity contribution in [1.82, 2.24) is 10.2 Å². The van der Waals surface area contributed by atoms with Crippen LogP contribution in [0.5, 0.6) is 0 Å². The first-order valence-electron chi connectivity index (χ1n) is 8.08. The van der Waals surface area contributed by atoms with Crippen molar-refractivity contribution >= 4 is 0 Å². The van der Waals surface area contributed by atoms with E-state index in [1.165, 1.54) is 37.2 Å². The molecular weight excluding hydrogens is 244 g/mol. The quantitative estimate of drug-likeness (QED) is 0.886. The van der Waals surface area contributed by atoms with E-state index in [1.54, 1.807) is 5.56 Å². The lowest BCUT2D eigenvalue weighted by molar-refractivity contribution is 0.226. The Morgan fingerprint density at radius 3 is 2.50 bits per heavy atom. The Kier molecular flexibility index (Phi) is 5.62. The Hall–Kier alpha value is -0.860. The van der Waals surface area contributed by atoms with Crippen LogP contribution in [0.3, 0.4) is 0 Å². The van der Waals surface area contributed by atoms with Crippen molar-refractivity contribution in [3.05, 3.63) is 34.9 Å². The molecule has 1 saturated heterocycles. The van der Waals surface area contributed by atoms with Crippen LogP contribution in [0.25, 0.3) is 0 Å². The summed E-state index contributed by atoms with van der Waals surface area (Å²) in [6.45, 7) is 15.1. The highest BCUT2D eigenvalue weighted by Crippen LogP contribution is 2.31. The number of hydrogen-bond acceptors (Lipinski definition) is 2. The van der Waals surface area contributed by atoms with E-state index in [-0.39, 0.29) is 0 Å². The molecule has 1 aromatic rings. The van der Waals surface area contributed by atoms with E-state index in [2.05, 4.69) is 56.1 Å². The van der Waals surface area contributed by atoms with Crippen molar-refractivity contribution in [2.45, 2.75) is 40.0 Å². The van der Waals surface area contributed by atoms with Crippen LogP contribution in [0, 0.1) is 19.8 Å². The summed E-state index contributed by atoms with van der Waals surface area (Å²) in [5, 5.41) is 3.43. The van der Waals surface area contributed by atoms with E-state index in [4.69, 9.17) is 0 Å². The zero-order valence-corrected chi connectivity index (χ0v) is 13.6. The van der Waals surface area contributed by atoms with Crippen LogP contribution < -0.4 is 5.32 Å². The number of piperazine rings is 1. The molecular formula is C18H30N2. The van der Waals surface area contributed by atoms with Crippen LogP contribution in [-0.4, -0.2) is 37.6 Å². The largest absolute Gasteiger partial charge is 0.314 e. The molecule has 0 aromatic heterocycles. The van der Waals surface area contributed by atoms with Gasteiger partial charge in [-0.3, -0.25) is 0 Å². The van der Waals surface area contributed by atoms with Gasteiger partial charge in [-0.1, -0.05) is 37.6 Å². The summed E-state index contributed by atoms with van der Waals surface area (Å²) in [5.74, 6) is 1.39. The summed E-state index contributed by atoms with van der Waals surface area (Å²) in [6, 6.07) is 6.91. The minimum Gasteiger partial charge on any atom is -0.314 e. The molecule has 2 rings (SSSR count). The van der Waals surface area contributed by atoms with Crippen LogP contribution in [-0.2, 0) is 0 Å². The lowest BCUT2D eigenvalue weighted by Crippen LogP contribution is -2.44. The van der Waals surface area contributed by atoms with E-state index in [9.17, 15) is 0 Å². The molecule has 0 amide bonds. The fraction of sp³-hybridized carbons (Fsp3) is 0.667. The Labute approximate surface area is 124 Å². The first-order valence-corrected chi connectivity index (χ1v) is 8.08. The van der Waals surface area contributed by atoms with Gasteiger partial charge >= 0.3 is 0 Å². The topological polar surface area (TPSA) is 15.3 Å². The Balaban J connectivity index is 2.04. The van der Waals surface area contributed by atoms with Crippen LogP contribution in [0.1, 0.15) is 42.9 Å². The number of nitrogens with zero attached hydrogens (tertiary/aromatic N) is 1. The van der Waals surface area contributed by atoms with Gasteiger partial charge in [0.2, 0.25) is 0 Å². The van der Waals surface area contributed by atoms with E-state index < -0.39 is 0 Å². The monoisotopic (exact) mass is 274 g/mol. The lowest BCUT2D eigenvalue weighted by atomic mass is 9.83. The van der Waals surface area contributed by atoms with Crippen molar-refractivity contribution in [2.24, 2.45) is 5.92 Å². The third kappa shape index (κ3) is 4.07. The third-order valence-corrected chi connectivity index (χ3v) is 4.60. The van der Waals surface area contributed by atoms with Gasteiger partial charge in [0.1, 0.15) is 0 Å². The fourth-order valence-electron chi connectivity index (χ4n) is 3.26. The predicted octanol–water partition coefficient (Wildman–Crippen LogP) is 3.34. The minimum absolute atomic E-state index is 0.685. The number of nitrogens with one attached hydrogen (secondary N) is 1. The molecule has 1 aromatic carbocycles. The fourth-order valence-corrected chi connectivity index (χ4v) is 3.26. The summed E-state index contributed by atoms with van der Waals surface area (Å²) < 4.78 is 0. The van der Waals surface area contributed by atoms with E-state index >= 15 is 0 Å². The van der Waals surface area contributed by atoms with Crippen LogP contribution in [0.15, 0.2) is 18.2 Å². The summed E-state index contributed by atoms with van der Waals surface area (Å²) in [5.41, 5.74) is 4.41. The van der Waals surface area contributed by atoms with E-state index in [1.807, 2.05) is 0 Å². The maximum Gasteiger partial charge on any atom is 0.0107 e. The van der Waals surface area contributed by atoms with Gasteiger partial charge in [-0.2, -0.15) is 0 Å². The molecule has 0 spiro atoms. The predicted molar refractivity (Wildman–Crippen MR) is 87.4 cm³/mol. The van der Waals surface area contributed by atoms with Crippen LogP contribution >= 0.6 is 0 Å². The SMILES string of the molecule is Cc1ccc(C)c(C(CCN2CCNCC2)C(C)C)c1. The third-order valence-electron chi connectivity index (χ3n) is 4.60. The Bertz CT molecular complexity index is 419. The van der Waals surface area contributed by atoms with Crippen molar-refractivity contribution in [3.8, 4) is 0 Å². The average molecular weight is 274 g/mol.